The van der Waals surface area contributed by atoms with Crippen molar-refractivity contribution in [3.63, 3.8) is 0 Å². The molecule has 1 saturated heterocycles. The first-order valence-corrected chi connectivity index (χ1v) is 14.2. The number of aromatic nitrogens is 1. The van der Waals surface area contributed by atoms with Gasteiger partial charge in [0.1, 0.15) is 11.6 Å². The Kier molecular flexibility index (Phi) is 7.87. The molecule has 2 aromatic carbocycles. The number of carboxylic acid groups (broad SMARTS) is 1. The largest absolute Gasteiger partial charge is 0.496 e. The van der Waals surface area contributed by atoms with Gasteiger partial charge in [-0.05, 0) is 61.3 Å². The van der Waals surface area contributed by atoms with E-state index in [9.17, 15) is 14.3 Å². The van der Waals surface area contributed by atoms with Gasteiger partial charge in [0, 0.05) is 66.9 Å². The second-order valence-electron chi connectivity index (χ2n) is 12.1. The molecular weight excluding hydrogens is 505 g/mol. The summed E-state index contributed by atoms with van der Waals surface area (Å²) in [6, 6.07) is 11.4. The molecule has 3 aromatic rings. The molecule has 0 spiro atoms. The quantitative estimate of drug-likeness (QED) is 0.375. The highest BCUT2D eigenvalue weighted by molar-refractivity contribution is 5.86. The van der Waals surface area contributed by atoms with Gasteiger partial charge in [-0.2, -0.15) is 0 Å². The van der Waals surface area contributed by atoms with Gasteiger partial charge in [-0.3, -0.25) is 14.7 Å². The lowest BCUT2D eigenvalue weighted by molar-refractivity contribution is -0.136. The lowest BCUT2D eigenvalue weighted by atomic mass is 9.82. The molecule has 0 unspecified atom stereocenters. The highest BCUT2D eigenvalue weighted by Gasteiger charge is 2.30. The van der Waals surface area contributed by atoms with E-state index in [4.69, 9.17) is 9.72 Å². The summed E-state index contributed by atoms with van der Waals surface area (Å²) < 4.78 is 19.1. The number of fused-ring (bicyclic) bond motifs is 1. The van der Waals surface area contributed by atoms with Crippen LogP contribution in [0.4, 0.5) is 10.1 Å². The zero-order valence-corrected chi connectivity index (χ0v) is 24.3. The van der Waals surface area contributed by atoms with Crippen molar-refractivity contribution in [3.05, 3.63) is 75.9 Å². The van der Waals surface area contributed by atoms with Crippen LogP contribution in [0.15, 0.2) is 36.4 Å². The fourth-order valence-corrected chi connectivity index (χ4v) is 6.25. The number of aryl methyl sites for hydroxylation is 2. The number of anilines is 1. The number of hydrogen-bond acceptors (Lipinski definition) is 5. The molecule has 3 heterocycles. The first-order valence-electron chi connectivity index (χ1n) is 14.2. The number of aliphatic carboxylic acids is 1. The molecular formula is C33H40FN3O3. The SMILES string of the molecule is COc1cc(F)ccc1CN1CCc2cc(-c3c(C)nc(C)c(CC(=O)O)c3N3CCC(C)(C)CC3)ccc2C1. The van der Waals surface area contributed by atoms with Crippen LogP contribution in [0.25, 0.3) is 11.1 Å². The third-order valence-corrected chi connectivity index (χ3v) is 8.65. The number of nitrogens with zero attached hydrogens (tertiary/aromatic N) is 3. The number of piperidine rings is 1. The van der Waals surface area contributed by atoms with Gasteiger partial charge in [-0.25, -0.2) is 4.39 Å². The van der Waals surface area contributed by atoms with Gasteiger partial charge in [-0.1, -0.05) is 38.1 Å². The number of carbonyl (C=O) groups is 1. The van der Waals surface area contributed by atoms with Crippen molar-refractivity contribution in [2.24, 2.45) is 5.41 Å². The molecule has 0 aliphatic carbocycles. The molecule has 5 rings (SSSR count). The van der Waals surface area contributed by atoms with Crippen molar-refractivity contribution in [2.45, 2.75) is 66.5 Å². The zero-order valence-electron chi connectivity index (χ0n) is 24.3. The van der Waals surface area contributed by atoms with Crippen molar-refractivity contribution >= 4 is 11.7 Å². The highest BCUT2D eigenvalue weighted by Crippen LogP contribution is 2.42. The first-order chi connectivity index (χ1) is 19.0. The van der Waals surface area contributed by atoms with Crippen LogP contribution in [-0.4, -0.2) is 47.7 Å². The van der Waals surface area contributed by atoms with E-state index in [1.54, 1.807) is 13.2 Å². The van der Waals surface area contributed by atoms with Crippen molar-refractivity contribution in [3.8, 4) is 16.9 Å². The van der Waals surface area contributed by atoms with Gasteiger partial charge in [-0.15, -0.1) is 0 Å². The maximum absolute atomic E-state index is 13.7. The normalized spacial score (nSPS) is 17.0. The molecule has 1 N–H and O–H groups in total. The van der Waals surface area contributed by atoms with Crippen LogP contribution >= 0.6 is 0 Å². The standard InChI is InChI=1S/C33H40FN3O3/c1-21-28(18-30(38)39)32(37-14-11-33(3,4)12-15-37)31(22(2)35-21)24-6-7-25-19-36(13-10-23(25)16-24)20-26-8-9-27(34)17-29(26)40-5/h6-9,16-17H,10-15,18-20H2,1-5H3,(H,38,39). The molecule has 6 nitrogen and oxygen atoms in total. The minimum absolute atomic E-state index is 0.0336. The van der Waals surface area contributed by atoms with Crippen LogP contribution < -0.4 is 9.64 Å². The van der Waals surface area contributed by atoms with E-state index >= 15 is 0 Å². The Morgan fingerprint density at radius 2 is 1.80 bits per heavy atom. The molecule has 212 valence electrons. The number of hydrogen-bond donors (Lipinski definition) is 1. The predicted octanol–water partition coefficient (Wildman–Crippen LogP) is 6.32. The predicted molar refractivity (Wildman–Crippen MR) is 156 cm³/mol. The molecule has 0 radical (unpaired) electrons. The van der Waals surface area contributed by atoms with Crippen LogP contribution in [0.1, 0.15) is 60.3 Å². The van der Waals surface area contributed by atoms with Crippen LogP contribution in [0.5, 0.6) is 5.75 Å². The van der Waals surface area contributed by atoms with Crippen LogP contribution in [0.3, 0.4) is 0 Å². The molecule has 0 bridgehead atoms. The van der Waals surface area contributed by atoms with E-state index in [1.807, 2.05) is 13.8 Å². The van der Waals surface area contributed by atoms with Gasteiger partial charge < -0.3 is 14.7 Å². The Hall–Kier alpha value is -3.45. The average molecular weight is 546 g/mol. The number of pyridine rings is 1. The maximum atomic E-state index is 13.7. The number of ether oxygens (including phenoxy) is 1. The van der Waals surface area contributed by atoms with E-state index in [-0.39, 0.29) is 17.7 Å². The van der Waals surface area contributed by atoms with Crippen molar-refractivity contribution in [1.82, 2.24) is 9.88 Å². The van der Waals surface area contributed by atoms with Crippen molar-refractivity contribution in [2.75, 3.05) is 31.6 Å². The number of benzene rings is 2. The Bertz CT molecular complexity index is 1420. The fraction of sp³-hybridized carbons (Fsp3) is 0.455. The molecule has 1 fully saturated rings. The monoisotopic (exact) mass is 545 g/mol. The molecule has 0 atom stereocenters. The molecule has 2 aliphatic heterocycles. The van der Waals surface area contributed by atoms with Gasteiger partial charge in [0.05, 0.1) is 19.2 Å². The van der Waals surface area contributed by atoms with Crippen LogP contribution in [0, 0.1) is 25.1 Å². The van der Waals surface area contributed by atoms with Crippen molar-refractivity contribution in [1.29, 1.82) is 0 Å². The molecule has 0 amide bonds. The molecule has 1 aromatic heterocycles. The molecule has 2 aliphatic rings. The highest BCUT2D eigenvalue weighted by atomic mass is 19.1. The van der Waals surface area contributed by atoms with E-state index in [1.165, 1.54) is 23.3 Å². The van der Waals surface area contributed by atoms with E-state index < -0.39 is 5.97 Å². The summed E-state index contributed by atoms with van der Waals surface area (Å²) in [5, 5.41) is 9.79. The van der Waals surface area contributed by atoms with E-state index in [0.29, 0.717) is 12.3 Å². The average Bonchev–Trinajstić information content (AvgIpc) is 2.90. The van der Waals surface area contributed by atoms with Gasteiger partial charge in [0.15, 0.2) is 0 Å². The number of halogens is 1. The molecule has 40 heavy (non-hydrogen) atoms. The van der Waals surface area contributed by atoms with Crippen molar-refractivity contribution < 1.29 is 19.0 Å². The summed E-state index contributed by atoms with van der Waals surface area (Å²) in [5.41, 5.74) is 9.62. The Morgan fingerprint density at radius 3 is 2.50 bits per heavy atom. The summed E-state index contributed by atoms with van der Waals surface area (Å²) in [7, 11) is 1.58. The Morgan fingerprint density at radius 1 is 1.05 bits per heavy atom. The second-order valence-corrected chi connectivity index (χ2v) is 12.1. The molecule has 0 saturated carbocycles. The summed E-state index contributed by atoms with van der Waals surface area (Å²) in [4.78, 5) is 21.5. The third-order valence-electron chi connectivity index (χ3n) is 8.65. The summed E-state index contributed by atoms with van der Waals surface area (Å²) in [6.45, 7) is 12.8. The second kappa shape index (κ2) is 11.2. The van der Waals surface area contributed by atoms with Gasteiger partial charge in [0.2, 0.25) is 0 Å². The van der Waals surface area contributed by atoms with Gasteiger partial charge in [0.25, 0.3) is 0 Å². The third kappa shape index (κ3) is 5.85. The Balaban J connectivity index is 1.48. The van der Waals surface area contributed by atoms with Crippen LogP contribution in [-0.2, 0) is 30.7 Å². The lowest BCUT2D eigenvalue weighted by Crippen LogP contribution is -2.38. The first kappa shape index (κ1) is 28.1. The fourth-order valence-electron chi connectivity index (χ4n) is 6.25. The van der Waals surface area contributed by atoms with Crippen LogP contribution in [0.2, 0.25) is 0 Å². The van der Waals surface area contributed by atoms with E-state index in [0.717, 1.165) is 84.8 Å². The minimum atomic E-state index is -0.832. The lowest BCUT2D eigenvalue weighted by Gasteiger charge is -2.40. The summed E-state index contributed by atoms with van der Waals surface area (Å²) >= 11 is 0. The topological polar surface area (TPSA) is 65.9 Å². The smallest absolute Gasteiger partial charge is 0.307 e. The number of methoxy groups -OCH3 is 1. The maximum Gasteiger partial charge on any atom is 0.307 e. The van der Waals surface area contributed by atoms with E-state index in [2.05, 4.69) is 41.8 Å². The number of rotatable bonds is 7. The minimum Gasteiger partial charge on any atom is -0.496 e. The summed E-state index contributed by atoms with van der Waals surface area (Å²) in [6.07, 6.45) is 3.00. The molecule has 7 heteroatoms. The van der Waals surface area contributed by atoms with Gasteiger partial charge >= 0.3 is 5.97 Å². The summed E-state index contributed by atoms with van der Waals surface area (Å²) in [5.74, 6) is -0.548. The Labute approximate surface area is 236 Å². The number of carboxylic acids is 1. The zero-order chi connectivity index (χ0) is 28.6.